The molecule has 0 spiro atoms. The molecule has 0 saturated heterocycles. The molecule has 1 aromatic carbocycles. The molecule has 20 heavy (non-hydrogen) atoms. The Hall–Kier alpha value is -1.20. The molecule has 1 aromatic heterocycles. The topological polar surface area (TPSA) is 34.0 Å². The van der Waals surface area contributed by atoms with Gasteiger partial charge in [-0.3, -0.25) is 0 Å². The van der Waals surface area contributed by atoms with Crippen LogP contribution in [0.5, 0.6) is 0 Å². The average Bonchev–Trinajstić information content (AvgIpc) is 2.81. The van der Waals surface area contributed by atoms with Gasteiger partial charge in [-0.2, -0.15) is 0 Å². The minimum Gasteiger partial charge on any atom is -0.378 e. The van der Waals surface area contributed by atoms with Crippen molar-refractivity contribution in [2.45, 2.75) is 11.6 Å². The number of hydrogen-bond donors (Lipinski definition) is 0. The molecule has 0 N–H and O–H groups in total. The average molecular weight is 311 g/mol. The molecule has 0 bridgehead atoms. The number of rotatable bonds is 6. The van der Waals surface area contributed by atoms with E-state index in [-0.39, 0.29) is 0 Å². The molecule has 0 amide bonds. The quantitative estimate of drug-likeness (QED) is 0.466. The van der Waals surface area contributed by atoms with E-state index in [0.29, 0.717) is 5.88 Å². The van der Waals surface area contributed by atoms with Gasteiger partial charge in [0.2, 0.25) is 0 Å². The maximum atomic E-state index is 5.69. The Kier molecular flexibility index (Phi) is 5.31. The lowest BCUT2D eigenvalue weighted by atomic mass is 10.2. The van der Waals surface area contributed by atoms with Crippen LogP contribution in [0.1, 0.15) is 6.42 Å². The zero-order chi connectivity index (χ0) is 14.5. The first-order chi connectivity index (χ1) is 9.63. The second-order valence-corrected chi connectivity index (χ2v) is 6.14. The van der Waals surface area contributed by atoms with Crippen LogP contribution in [-0.2, 0) is 7.05 Å². The first-order valence-electron chi connectivity index (χ1n) is 6.49. The van der Waals surface area contributed by atoms with Crippen molar-refractivity contribution in [3.05, 3.63) is 24.3 Å². The van der Waals surface area contributed by atoms with E-state index in [1.165, 1.54) is 5.69 Å². The predicted octanol–water partition coefficient (Wildman–Crippen LogP) is 3.27. The number of halogens is 1. The zero-order valence-electron chi connectivity index (χ0n) is 12.0. The van der Waals surface area contributed by atoms with Crippen molar-refractivity contribution in [3.63, 3.8) is 0 Å². The van der Waals surface area contributed by atoms with Gasteiger partial charge in [-0.15, -0.1) is 21.8 Å². The van der Waals surface area contributed by atoms with E-state index >= 15 is 0 Å². The molecule has 0 saturated carbocycles. The molecule has 2 rings (SSSR count). The first-order valence-corrected chi connectivity index (χ1v) is 8.01. The number of anilines is 1. The fourth-order valence-corrected chi connectivity index (χ4v) is 2.96. The van der Waals surface area contributed by atoms with Crippen molar-refractivity contribution in [1.29, 1.82) is 0 Å². The monoisotopic (exact) mass is 310 g/mol. The second kappa shape index (κ2) is 6.99. The van der Waals surface area contributed by atoms with E-state index in [1.807, 2.05) is 25.7 Å². The van der Waals surface area contributed by atoms with E-state index in [2.05, 4.69) is 39.4 Å². The molecule has 0 aliphatic carbocycles. The lowest BCUT2D eigenvalue weighted by Gasteiger charge is -2.12. The lowest BCUT2D eigenvalue weighted by molar-refractivity contribution is 0.793. The van der Waals surface area contributed by atoms with Crippen molar-refractivity contribution in [2.24, 2.45) is 7.05 Å². The molecule has 0 aliphatic heterocycles. The molecule has 0 radical (unpaired) electrons. The van der Waals surface area contributed by atoms with Gasteiger partial charge in [0.1, 0.15) is 0 Å². The van der Waals surface area contributed by atoms with Crippen LogP contribution in [0.3, 0.4) is 0 Å². The predicted molar refractivity (Wildman–Crippen MR) is 86.8 cm³/mol. The lowest BCUT2D eigenvalue weighted by Crippen LogP contribution is -2.08. The van der Waals surface area contributed by atoms with Crippen molar-refractivity contribution in [2.75, 3.05) is 30.6 Å². The highest BCUT2D eigenvalue weighted by Gasteiger charge is 2.11. The molecule has 108 valence electrons. The normalized spacial score (nSPS) is 10.8. The Morgan fingerprint density at radius 3 is 2.50 bits per heavy atom. The number of benzene rings is 1. The molecule has 0 aliphatic rings. The minimum absolute atomic E-state index is 0.684. The van der Waals surface area contributed by atoms with Gasteiger partial charge in [-0.25, -0.2) is 0 Å². The number of aromatic nitrogens is 3. The van der Waals surface area contributed by atoms with E-state index in [1.54, 1.807) is 11.8 Å². The van der Waals surface area contributed by atoms with Crippen LogP contribution in [0.4, 0.5) is 5.69 Å². The zero-order valence-corrected chi connectivity index (χ0v) is 13.6. The fourth-order valence-electron chi connectivity index (χ4n) is 1.82. The Balaban J connectivity index is 2.16. The highest BCUT2D eigenvalue weighted by Crippen LogP contribution is 2.24. The largest absolute Gasteiger partial charge is 0.378 e. The second-order valence-electron chi connectivity index (χ2n) is 4.70. The maximum absolute atomic E-state index is 5.69. The van der Waals surface area contributed by atoms with E-state index in [0.717, 1.165) is 28.7 Å². The molecule has 6 heteroatoms. The maximum Gasteiger partial charge on any atom is 0.191 e. The molecular formula is C14H19ClN4S. The van der Waals surface area contributed by atoms with Gasteiger partial charge in [0, 0.05) is 44.0 Å². The van der Waals surface area contributed by atoms with Gasteiger partial charge in [-0.1, -0.05) is 11.8 Å². The third kappa shape index (κ3) is 3.46. The van der Waals surface area contributed by atoms with E-state index in [9.17, 15) is 0 Å². The third-order valence-corrected chi connectivity index (χ3v) is 4.36. The summed E-state index contributed by atoms with van der Waals surface area (Å²) >= 11 is 7.38. The van der Waals surface area contributed by atoms with Crippen molar-refractivity contribution in [1.82, 2.24) is 14.8 Å². The summed E-state index contributed by atoms with van der Waals surface area (Å²) in [4.78, 5) is 2.08. The minimum atomic E-state index is 0.684. The fraction of sp³-hybridized carbons (Fsp3) is 0.429. The van der Waals surface area contributed by atoms with Crippen LogP contribution in [0.15, 0.2) is 29.4 Å². The van der Waals surface area contributed by atoms with Crippen LogP contribution >= 0.6 is 23.4 Å². The molecule has 0 atom stereocenters. The molecule has 0 unspecified atom stereocenters. The molecule has 1 heterocycles. The van der Waals surface area contributed by atoms with Crippen LogP contribution < -0.4 is 4.90 Å². The van der Waals surface area contributed by atoms with E-state index in [4.69, 9.17) is 11.6 Å². The Morgan fingerprint density at radius 2 is 1.90 bits per heavy atom. The Bertz CT molecular complexity index is 551. The first kappa shape index (κ1) is 15.2. The number of nitrogens with zero attached hydrogens (tertiary/aromatic N) is 4. The molecule has 2 aromatic rings. The number of alkyl halides is 1. The molecule has 0 fully saturated rings. The SMILES string of the molecule is CN(C)c1ccc(-c2nnc(SCCCCl)n2C)cc1. The smallest absolute Gasteiger partial charge is 0.191 e. The number of thioether (sulfide) groups is 1. The summed E-state index contributed by atoms with van der Waals surface area (Å²) < 4.78 is 2.03. The van der Waals surface area contributed by atoms with Gasteiger partial charge < -0.3 is 9.47 Å². The van der Waals surface area contributed by atoms with Crippen molar-refractivity contribution < 1.29 is 0 Å². The van der Waals surface area contributed by atoms with Gasteiger partial charge in [0.05, 0.1) is 0 Å². The summed E-state index contributed by atoms with van der Waals surface area (Å²) in [5.41, 5.74) is 2.25. The number of hydrogen-bond acceptors (Lipinski definition) is 4. The third-order valence-electron chi connectivity index (χ3n) is 2.99. The summed E-state index contributed by atoms with van der Waals surface area (Å²) in [6.45, 7) is 0. The van der Waals surface area contributed by atoms with Crippen LogP contribution in [0.2, 0.25) is 0 Å². The Labute approximate surface area is 129 Å². The Morgan fingerprint density at radius 1 is 1.20 bits per heavy atom. The highest BCUT2D eigenvalue weighted by atomic mass is 35.5. The van der Waals surface area contributed by atoms with Crippen molar-refractivity contribution in [3.8, 4) is 11.4 Å². The van der Waals surface area contributed by atoms with Crippen LogP contribution in [0, 0.1) is 0 Å². The van der Waals surface area contributed by atoms with Gasteiger partial charge in [0.25, 0.3) is 0 Å². The van der Waals surface area contributed by atoms with Gasteiger partial charge >= 0.3 is 0 Å². The van der Waals surface area contributed by atoms with Crippen LogP contribution in [-0.4, -0.2) is 40.5 Å². The summed E-state index contributed by atoms with van der Waals surface area (Å²) in [6, 6.07) is 8.33. The van der Waals surface area contributed by atoms with E-state index < -0.39 is 0 Å². The molecule has 4 nitrogen and oxygen atoms in total. The van der Waals surface area contributed by atoms with Crippen molar-refractivity contribution >= 4 is 29.1 Å². The standard InChI is InChI=1S/C14H19ClN4S/c1-18(2)12-7-5-11(6-8-12)13-16-17-14(19(13)3)20-10-4-9-15/h5-8H,4,9-10H2,1-3H3. The summed E-state index contributed by atoms with van der Waals surface area (Å²) in [5, 5.41) is 9.46. The van der Waals surface area contributed by atoms with Crippen LogP contribution in [0.25, 0.3) is 11.4 Å². The summed E-state index contributed by atoms with van der Waals surface area (Å²) in [6.07, 6.45) is 0.978. The van der Waals surface area contributed by atoms with Gasteiger partial charge in [-0.05, 0) is 30.7 Å². The summed E-state index contributed by atoms with van der Waals surface area (Å²) in [7, 11) is 6.06. The summed E-state index contributed by atoms with van der Waals surface area (Å²) in [5.74, 6) is 2.54. The molecular weight excluding hydrogens is 292 g/mol. The van der Waals surface area contributed by atoms with Gasteiger partial charge in [0.15, 0.2) is 11.0 Å². The highest BCUT2D eigenvalue weighted by molar-refractivity contribution is 7.99.